The molecule has 380 valence electrons. The van der Waals surface area contributed by atoms with Crippen LogP contribution in [0.2, 0.25) is 0 Å². The molecule has 0 radical (unpaired) electrons. The number of non-ortho nitro benzene ring substituents is 4. The highest BCUT2D eigenvalue weighted by molar-refractivity contribution is 6.09. The molecule has 6 aromatic carbocycles. The maximum atomic E-state index is 13.0. The number of ketones is 1. The quantitative estimate of drug-likeness (QED) is 0.0254. The molecule has 3 amide bonds. The van der Waals surface area contributed by atoms with Gasteiger partial charge in [0.05, 0.1) is 68.4 Å². The maximum absolute atomic E-state index is 13.0. The summed E-state index contributed by atoms with van der Waals surface area (Å²) >= 11 is 0. The zero-order valence-electron chi connectivity index (χ0n) is 38.5. The van der Waals surface area contributed by atoms with Gasteiger partial charge in [0.25, 0.3) is 28.7 Å². The fraction of sp³-hybridized carbons (Fsp3) is 0.160. The molecule has 6 rings (SSSR count). The van der Waals surface area contributed by atoms with Gasteiger partial charge in [0.15, 0.2) is 5.78 Å². The molecule has 0 unspecified atom stereocenters. The van der Waals surface area contributed by atoms with Crippen LogP contribution >= 0.6 is 0 Å². The van der Waals surface area contributed by atoms with E-state index in [9.17, 15) is 79.4 Å². The number of hydrogen-bond donors (Lipinski definition) is 6. The number of carboxylic acid groups (broad SMARTS) is 2. The van der Waals surface area contributed by atoms with Gasteiger partial charge in [-0.05, 0) is 34.7 Å². The summed E-state index contributed by atoms with van der Waals surface area (Å²) in [5, 5.41) is 71.1. The molecule has 0 bridgehead atoms. The number of carbonyl (C=O) groups excluding carboxylic acids is 4. The van der Waals surface area contributed by atoms with Gasteiger partial charge in [-0.15, -0.1) is 0 Å². The fourth-order valence-corrected chi connectivity index (χ4v) is 7.29. The summed E-state index contributed by atoms with van der Waals surface area (Å²) in [6.07, 6.45) is -0.640. The van der Waals surface area contributed by atoms with E-state index in [4.69, 9.17) is 5.73 Å². The van der Waals surface area contributed by atoms with Crippen LogP contribution < -0.4 is 21.7 Å². The first-order chi connectivity index (χ1) is 35.2. The van der Waals surface area contributed by atoms with E-state index in [-0.39, 0.29) is 42.4 Å². The Kier molecular flexibility index (Phi) is 19.0. The monoisotopic (exact) mass is 1010 g/mol. The van der Waals surface area contributed by atoms with Crippen LogP contribution in [-0.2, 0) is 32.0 Å². The zero-order valence-corrected chi connectivity index (χ0v) is 38.5. The molecule has 0 saturated carbocycles. The lowest BCUT2D eigenvalue weighted by molar-refractivity contribution is -0.394. The number of amides is 3. The first kappa shape index (κ1) is 54.8. The highest BCUT2D eigenvalue weighted by atomic mass is 16.6. The number of aliphatic carboxylic acids is 2. The average Bonchev–Trinajstić information content (AvgIpc) is 3.38. The van der Waals surface area contributed by atoms with E-state index in [0.717, 1.165) is 42.0 Å². The average molecular weight is 1010 g/mol. The van der Waals surface area contributed by atoms with Crippen molar-refractivity contribution in [1.82, 2.24) is 16.0 Å². The van der Waals surface area contributed by atoms with Crippen LogP contribution in [0, 0.1) is 40.5 Å². The molecule has 24 heteroatoms. The molecule has 0 aliphatic rings. The number of nitro benzene ring substituents is 4. The molecule has 0 heterocycles. The van der Waals surface area contributed by atoms with E-state index < -0.39 is 102 Å². The molecular weight excluding hydrogens is 969 g/mol. The Balaban J connectivity index is 0.000000274. The fourth-order valence-electron chi connectivity index (χ4n) is 7.29. The molecule has 74 heavy (non-hydrogen) atoms. The number of hydrogen-bond acceptors (Lipinski definition) is 15. The van der Waals surface area contributed by atoms with E-state index in [1.165, 1.54) is 18.2 Å². The maximum Gasteiger partial charge on any atom is 0.326 e. The number of carbonyl (C=O) groups is 6. The number of nitrogens with two attached hydrogens (primary N) is 1. The standard InChI is InChI=1S/2C25H22N4O8/c30-23(26-22(15-24(31)32)17-9-5-2-6-10-17)14-21(16-7-3-1-4-8-16)27-25(33)18-11-19(28(34)35)13-20(12-18)29(36)37;26-21(24(31)27-22(25(32)33)11-15-5-2-1-3-6-15)10-16-7-4-8-17(9-16)23(30)18-12-19(28(34)35)14-20(13-18)29(36)37/h1-13,21-22H,14-15H2,(H,26,30)(H,27,33)(H,31,32);1-9,12-14,21-22H,10-11,26H2,(H,27,31)(H,32,33)/t2*21-,22-/m00/s1. The highest BCUT2D eigenvalue weighted by Gasteiger charge is 2.27. The van der Waals surface area contributed by atoms with E-state index in [1.807, 2.05) is 0 Å². The smallest absolute Gasteiger partial charge is 0.326 e. The molecule has 4 atom stereocenters. The van der Waals surface area contributed by atoms with Crippen molar-refractivity contribution in [3.63, 3.8) is 0 Å². The lowest BCUT2D eigenvalue weighted by Crippen LogP contribution is -2.50. The van der Waals surface area contributed by atoms with Crippen molar-refractivity contribution in [1.29, 1.82) is 0 Å². The Bertz CT molecular complexity index is 3020. The van der Waals surface area contributed by atoms with Gasteiger partial charge < -0.3 is 31.9 Å². The van der Waals surface area contributed by atoms with Crippen molar-refractivity contribution >= 4 is 58.2 Å². The summed E-state index contributed by atoms with van der Waals surface area (Å²) in [6.45, 7) is 0. The van der Waals surface area contributed by atoms with Crippen LogP contribution in [0.4, 0.5) is 22.7 Å². The minimum absolute atomic E-state index is 0.0419. The van der Waals surface area contributed by atoms with Crippen molar-refractivity contribution in [2.75, 3.05) is 0 Å². The van der Waals surface area contributed by atoms with Gasteiger partial charge in [0.2, 0.25) is 11.8 Å². The van der Waals surface area contributed by atoms with E-state index in [1.54, 1.807) is 97.1 Å². The van der Waals surface area contributed by atoms with E-state index in [0.29, 0.717) is 16.7 Å². The molecule has 0 spiro atoms. The second kappa shape index (κ2) is 25.7. The molecule has 0 saturated heterocycles. The van der Waals surface area contributed by atoms with Crippen LogP contribution in [0.1, 0.15) is 73.5 Å². The Morgan fingerprint density at radius 2 is 0.932 bits per heavy atom. The molecule has 0 aliphatic carbocycles. The Hall–Kier alpha value is -10.1. The van der Waals surface area contributed by atoms with Gasteiger partial charge in [-0.3, -0.25) is 64.4 Å². The molecule has 6 aromatic rings. The summed E-state index contributed by atoms with van der Waals surface area (Å²) in [6, 6.07) is 32.8. The Labute approximate surface area is 418 Å². The lowest BCUT2D eigenvalue weighted by atomic mass is 9.97. The van der Waals surface area contributed by atoms with Crippen molar-refractivity contribution in [2.24, 2.45) is 5.73 Å². The van der Waals surface area contributed by atoms with Crippen LogP contribution in [0.5, 0.6) is 0 Å². The van der Waals surface area contributed by atoms with Crippen LogP contribution in [0.25, 0.3) is 0 Å². The Morgan fingerprint density at radius 1 is 0.486 bits per heavy atom. The molecule has 0 aliphatic heterocycles. The van der Waals surface area contributed by atoms with Crippen LogP contribution in [-0.4, -0.2) is 77.4 Å². The van der Waals surface area contributed by atoms with Crippen LogP contribution in [0.3, 0.4) is 0 Å². The van der Waals surface area contributed by atoms with Crippen molar-refractivity contribution in [3.8, 4) is 0 Å². The SMILES string of the molecule is N[C@@H](Cc1cccc(C(=O)c2cc([N+](=O)[O-])cc([N+](=O)[O-])c2)c1)C(=O)N[C@@H](Cc1ccccc1)C(=O)O.O=C(O)C[C@H](NC(=O)C[C@H](NC(=O)c1cc([N+](=O)[O-])cc([N+](=O)[O-])c1)c1ccccc1)c1ccccc1. The summed E-state index contributed by atoms with van der Waals surface area (Å²) in [5.74, 6) is -5.15. The number of carboxylic acids is 2. The summed E-state index contributed by atoms with van der Waals surface area (Å²) in [4.78, 5) is 116. The molecule has 7 N–H and O–H groups in total. The first-order valence-electron chi connectivity index (χ1n) is 21.9. The molecule has 0 fully saturated rings. The van der Waals surface area contributed by atoms with Gasteiger partial charge >= 0.3 is 11.9 Å². The topological polar surface area (TPSA) is 378 Å². The molecule has 24 nitrogen and oxygen atoms in total. The number of nitrogens with zero attached hydrogens (tertiary/aromatic N) is 4. The summed E-state index contributed by atoms with van der Waals surface area (Å²) in [5.41, 5.74) is 5.33. The van der Waals surface area contributed by atoms with Crippen molar-refractivity contribution in [2.45, 2.75) is 49.9 Å². The minimum atomic E-state index is -1.22. The van der Waals surface area contributed by atoms with Gasteiger partial charge in [-0.2, -0.15) is 0 Å². The highest BCUT2D eigenvalue weighted by Crippen LogP contribution is 2.27. The predicted molar refractivity (Wildman–Crippen MR) is 262 cm³/mol. The first-order valence-corrected chi connectivity index (χ1v) is 21.9. The number of nitrogens with one attached hydrogen (secondary N) is 3. The summed E-state index contributed by atoms with van der Waals surface area (Å²) in [7, 11) is 0. The zero-order chi connectivity index (χ0) is 54.1. The van der Waals surface area contributed by atoms with Gasteiger partial charge in [-0.25, -0.2) is 4.79 Å². The second-order valence-corrected chi connectivity index (χ2v) is 16.2. The van der Waals surface area contributed by atoms with E-state index in [2.05, 4.69) is 16.0 Å². The number of rotatable bonds is 22. The third-order valence-electron chi connectivity index (χ3n) is 10.9. The lowest BCUT2D eigenvalue weighted by Gasteiger charge is -2.22. The van der Waals surface area contributed by atoms with Gasteiger partial charge in [0, 0.05) is 41.8 Å². The predicted octanol–water partition coefficient (Wildman–Crippen LogP) is 6.11. The largest absolute Gasteiger partial charge is 0.481 e. The summed E-state index contributed by atoms with van der Waals surface area (Å²) < 4.78 is 0. The van der Waals surface area contributed by atoms with E-state index >= 15 is 0 Å². The van der Waals surface area contributed by atoms with Crippen molar-refractivity contribution < 1.29 is 58.7 Å². The minimum Gasteiger partial charge on any atom is -0.481 e. The number of benzene rings is 6. The number of nitro groups is 4. The van der Waals surface area contributed by atoms with Gasteiger partial charge in [0.1, 0.15) is 6.04 Å². The third-order valence-corrected chi connectivity index (χ3v) is 10.9. The molecule has 0 aromatic heterocycles. The van der Waals surface area contributed by atoms with Crippen molar-refractivity contribution in [3.05, 3.63) is 231 Å². The molecular formula is C50H44N8O16. The van der Waals surface area contributed by atoms with Gasteiger partial charge in [-0.1, -0.05) is 109 Å². The normalized spacial score (nSPS) is 12.2. The van der Waals surface area contributed by atoms with Crippen LogP contribution in [0.15, 0.2) is 152 Å². The third kappa shape index (κ3) is 16.0. The Morgan fingerprint density at radius 3 is 1.39 bits per heavy atom. The second-order valence-electron chi connectivity index (χ2n) is 16.2.